The van der Waals surface area contributed by atoms with E-state index in [1.807, 2.05) is 51.3 Å². The molecule has 2 aromatic heterocycles. The van der Waals surface area contributed by atoms with E-state index in [2.05, 4.69) is 32.6 Å². The lowest BCUT2D eigenvalue weighted by Gasteiger charge is -2.13. The Hall–Kier alpha value is -2.32. The number of rotatable bonds is 8. The molecule has 0 aliphatic rings. The summed E-state index contributed by atoms with van der Waals surface area (Å²) in [5.74, 6) is 1.35. The maximum Gasteiger partial charge on any atom is 0.416 e. The van der Waals surface area contributed by atoms with Crippen molar-refractivity contribution in [2.24, 2.45) is 14.1 Å². The molecule has 264 valence electrons. The van der Waals surface area contributed by atoms with Gasteiger partial charge in [-0.2, -0.15) is 26.3 Å². The van der Waals surface area contributed by atoms with Gasteiger partial charge in [0.05, 0.1) is 45.6 Å². The molecule has 16 heteroatoms. The molecule has 6 nitrogen and oxygen atoms in total. The van der Waals surface area contributed by atoms with Gasteiger partial charge in [-0.1, -0.05) is 73.9 Å². The summed E-state index contributed by atoms with van der Waals surface area (Å²) in [6.07, 6.45) is -2.05. The van der Waals surface area contributed by atoms with Gasteiger partial charge in [-0.3, -0.25) is 0 Å². The Labute approximate surface area is 309 Å². The molecule has 0 saturated heterocycles. The summed E-state index contributed by atoms with van der Waals surface area (Å²) in [6, 6.07) is 6.51. The second kappa shape index (κ2) is 18.1. The molecule has 0 amide bonds. The molecule has 2 heterocycles. The molecule has 48 heavy (non-hydrogen) atoms. The van der Waals surface area contributed by atoms with Crippen LogP contribution in [0.4, 0.5) is 26.3 Å². The summed E-state index contributed by atoms with van der Waals surface area (Å²) in [4.78, 5) is 8.75. The van der Waals surface area contributed by atoms with E-state index in [1.54, 1.807) is 28.0 Å². The highest BCUT2D eigenvalue weighted by molar-refractivity contribution is 14.1. The molecule has 0 spiro atoms. The van der Waals surface area contributed by atoms with Gasteiger partial charge in [0.1, 0.15) is 11.6 Å². The number of hydrogen-bond acceptors (Lipinski definition) is 5. The van der Waals surface area contributed by atoms with Crippen LogP contribution in [0.3, 0.4) is 0 Å². The van der Waals surface area contributed by atoms with Crippen molar-refractivity contribution in [2.45, 2.75) is 50.8 Å². The third kappa shape index (κ3) is 10.3. The molecule has 0 saturated carbocycles. The van der Waals surface area contributed by atoms with Gasteiger partial charge in [0.2, 0.25) is 0 Å². The van der Waals surface area contributed by atoms with Gasteiger partial charge in [0.15, 0.2) is 9.84 Å². The second-order valence-corrected chi connectivity index (χ2v) is 14.5. The number of nitrogens with zero attached hydrogens (tertiary/aromatic N) is 4. The molecule has 0 fully saturated rings. The normalized spacial score (nSPS) is 12.1. The molecule has 0 unspecified atom stereocenters. The molecule has 4 rings (SSSR count). The highest BCUT2D eigenvalue weighted by Crippen LogP contribution is 2.38. The predicted octanol–water partition coefficient (Wildman–Crippen LogP) is 11.2. The minimum Gasteiger partial charge on any atom is -0.328 e. The van der Waals surface area contributed by atoms with Crippen LogP contribution in [0.1, 0.15) is 51.2 Å². The van der Waals surface area contributed by atoms with Gasteiger partial charge < -0.3 is 9.13 Å². The predicted molar refractivity (Wildman–Crippen MR) is 201 cm³/mol. The van der Waals surface area contributed by atoms with Crippen molar-refractivity contribution in [3.63, 3.8) is 0 Å². The number of benzene rings is 2. The standard InChI is InChI=1S/C15H14F3IN2O2S.C15H14F3IN2S.2CH4/c1-3-24(22,23)13-8-10(15(16,17)18)4-5-12(13)14-20-9-11(6-7-19)21(14)2;1-3-22-13-8-10(15(16,17)18)4-5-12(13)14-20-9-11(6-7-19)21(14)2;;/h4-9H,3H2,1-2H3;4-9H,3H2,1-2H3;2*1H4. The van der Waals surface area contributed by atoms with E-state index < -0.39 is 33.3 Å². The first-order valence-corrected chi connectivity index (χ1v) is 18.5. The molecular weight excluding hydrogens is 904 g/mol. The van der Waals surface area contributed by atoms with E-state index in [-0.39, 0.29) is 31.1 Å². The largest absolute Gasteiger partial charge is 0.416 e. The molecule has 0 bridgehead atoms. The van der Waals surface area contributed by atoms with E-state index in [1.165, 1.54) is 37.0 Å². The fourth-order valence-electron chi connectivity index (χ4n) is 4.24. The van der Waals surface area contributed by atoms with Crippen molar-refractivity contribution in [2.75, 3.05) is 11.5 Å². The molecule has 0 aliphatic carbocycles. The van der Waals surface area contributed by atoms with Crippen LogP contribution < -0.4 is 0 Å². The lowest BCUT2D eigenvalue weighted by molar-refractivity contribution is -0.138. The number of aromatic nitrogens is 4. The SMILES string of the molecule is C.C.CCS(=O)(=O)c1cc(C(F)(F)F)ccc1-c1ncc(C=CI)n1C.CCSc1cc(C(F)(F)F)ccc1-c1ncc(C=CI)n1C. The Morgan fingerprint density at radius 2 is 1.21 bits per heavy atom. The van der Waals surface area contributed by atoms with Crippen LogP contribution in [0.25, 0.3) is 34.9 Å². The monoisotopic (exact) mass is 940 g/mol. The number of thioether (sulfide) groups is 1. The van der Waals surface area contributed by atoms with Gasteiger partial charge in [0.25, 0.3) is 0 Å². The zero-order valence-electron chi connectivity index (χ0n) is 24.8. The minimum atomic E-state index is -4.62. The highest BCUT2D eigenvalue weighted by Gasteiger charge is 2.33. The number of hydrogen-bond donors (Lipinski definition) is 0. The zero-order chi connectivity index (χ0) is 34.4. The summed E-state index contributed by atoms with van der Waals surface area (Å²) in [7, 11) is -0.324. The highest BCUT2D eigenvalue weighted by atomic mass is 127. The van der Waals surface area contributed by atoms with E-state index in [0.717, 1.165) is 29.5 Å². The smallest absolute Gasteiger partial charge is 0.328 e. The zero-order valence-corrected chi connectivity index (χ0v) is 30.7. The van der Waals surface area contributed by atoms with Gasteiger partial charge in [-0.05, 0) is 62.5 Å². The molecule has 2 aromatic carbocycles. The Kier molecular flexibility index (Phi) is 16.5. The third-order valence-electron chi connectivity index (χ3n) is 6.63. The first kappa shape index (κ1) is 43.7. The minimum absolute atomic E-state index is 0. The third-order valence-corrected chi connectivity index (χ3v) is 10.1. The van der Waals surface area contributed by atoms with Crippen molar-refractivity contribution in [1.29, 1.82) is 0 Å². The topological polar surface area (TPSA) is 69.8 Å². The summed E-state index contributed by atoms with van der Waals surface area (Å²) in [6.45, 7) is 3.30. The van der Waals surface area contributed by atoms with Crippen LogP contribution in [-0.2, 0) is 36.3 Å². The van der Waals surface area contributed by atoms with Crippen LogP contribution in [0.2, 0.25) is 0 Å². The first-order valence-electron chi connectivity index (χ1n) is 13.4. The van der Waals surface area contributed by atoms with Crippen LogP contribution in [0.15, 0.2) is 66.7 Å². The summed E-state index contributed by atoms with van der Waals surface area (Å²) < 4.78 is 109. The van der Waals surface area contributed by atoms with Crippen molar-refractivity contribution >= 4 is 78.9 Å². The number of sulfone groups is 1. The Balaban J connectivity index is 0.000000462. The van der Waals surface area contributed by atoms with Crippen LogP contribution in [-0.4, -0.2) is 39.0 Å². The summed E-state index contributed by atoms with van der Waals surface area (Å²) >= 11 is 5.53. The lowest BCUT2D eigenvalue weighted by atomic mass is 10.1. The Morgan fingerprint density at radius 1 is 0.771 bits per heavy atom. The van der Waals surface area contributed by atoms with E-state index in [9.17, 15) is 34.8 Å². The van der Waals surface area contributed by atoms with E-state index in [0.29, 0.717) is 34.1 Å². The van der Waals surface area contributed by atoms with E-state index in [4.69, 9.17) is 0 Å². The van der Waals surface area contributed by atoms with E-state index >= 15 is 0 Å². The van der Waals surface area contributed by atoms with Crippen LogP contribution in [0.5, 0.6) is 0 Å². The Bertz CT molecular complexity index is 1850. The van der Waals surface area contributed by atoms with Gasteiger partial charge in [-0.25, -0.2) is 18.4 Å². The molecule has 0 atom stereocenters. The maximum absolute atomic E-state index is 13.0. The molecule has 0 N–H and O–H groups in total. The second-order valence-electron chi connectivity index (χ2n) is 9.47. The van der Waals surface area contributed by atoms with Crippen LogP contribution >= 0.6 is 56.9 Å². The van der Waals surface area contributed by atoms with Crippen molar-refractivity contribution in [3.8, 4) is 22.8 Å². The lowest BCUT2D eigenvalue weighted by Crippen LogP contribution is -2.11. The fourth-order valence-corrected chi connectivity index (χ4v) is 6.92. The Morgan fingerprint density at radius 3 is 1.62 bits per heavy atom. The number of alkyl halides is 6. The molecule has 0 aliphatic heterocycles. The quantitative estimate of drug-likeness (QED) is 0.100. The summed E-state index contributed by atoms with van der Waals surface area (Å²) in [5, 5.41) is 0. The number of halogens is 8. The van der Waals surface area contributed by atoms with Crippen molar-refractivity contribution in [1.82, 2.24) is 19.1 Å². The van der Waals surface area contributed by atoms with Gasteiger partial charge in [0, 0.05) is 30.1 Å². The summed E-state index contributed by atoms with van der Waals surface area (Å²) in [5.41, 5.74) is 0.848. The maximum atomic E-state index is 13.0. The van der Waals surface area contributed by atoms with Crippen LogP contribution in [0, 0.1) is 0 Å². The average Bonchev–Trinajstić information content (AvgIpc) is 3.54. The molecule has 4 aromatic rings. The van der Waals surface area contributed by atoms with Gasteiger partial charge in [-0.15, -0.1) is 11.8 Å². The van der Waals surface area contributed by atoms with Gasteiger partial charge >= 0.3 is 12.4 Å². The van der Waals surface area contributed by atoms with Crippen molar-refractivity contribution in [3.05, 3.63) is 79.5 Å². The molecule has 0 radical (unpaired) electrons. The molecular formula is C32H36F6I2N4O2S2. The van der Waals surface area contributed by atoms with Crippen molar-refractivity contribution < 1.29 is 34.8 Å². The first-order chi connectivity index (χ1) is 21.5. The fraction of sp³-hybridized carbons (Fsp3) is 0.312. The average molecular weight is 941 g/mol. The number of imidazole rings is 2.